The molecule has 0 bridgehead atoms. The van der Waals surface area contributed by atoms with Crippen LogP contribution in [-0.2, 0) is 9.59 Å². The maximum atomic E-state index is 11.3. The number of carbonyl (C=O) groups is 2. The van der Waals surface area contributed by atoms with Crippen molar-refractivity contribution in [3.63, 3.8) is 0 Å². The lowest BCUT2D eigenvalue weighted by molar-refractivity contribution is -0.129. The van der Waals surface area contributed by atoms with Gasteiger partial charge in [0.2, 0.25) is 11.8 Å². The van der Waals surface area contributed by atoms with Gasteiger partial charge in [-0.05, 0) is 32.1 Å². The van der Waals surface area contributed by atoms with E-state index in [-0.39, 0.29) is 12.5 Å². The van der Waals surface area contributed by atoms with Crippen molar-refractivity contribution in [3.05, 3.63) is 12.2 Å². The Kier molecular flexibility index (Phi) is 17.3. The number of hydrogen-bond donors (Lipinski definition) is 2. The van der Waals surface area contributed by atoms with Crippen LogP contribution in [0.1, 0.15) is 96.8 Å². The molecule has 0 saturated carbocycles. The summed E-state index contributed by atoms with van der Waals surface area (Å²) in [5, 5.41) is 2.27. The monoisotopic (exact) mass is 338 g/mol. The Bertz CT molecular complexity index is 341. The molecule has 4 nitrogen and oxygen atoms in total. The molecule has 0 aromatic rings. The predicted octanol–water partition coefficient (Wildman–Crippen LogP) is 4.63. The number of rotatable bonds is 16. The van der Waals surface area contributed by atoms with Crippen molar-refractivity contribution < 1.29 is 9.59 Å². The molecule has 24 heavy (non-hydrogen) atoms. The summed E-state index contributed by atoms with van der Waals surface area (Å²) in [6.07, 6.45) is 21.1. The summed E-state index contributed by atoms with van der Waals surface area (Å²) < 4.78 is 0. The van der Waals surface area contributed by atoms with E-state index in [1.807, 2.05) is 0 Å². The average Bonchev–Trinajstić information content (AvgIpc) is 2.58. The molecule has 0 aliphatic carbocycles. The Balaban J connectivity index is 3.23. The molecule has 2 amide bonds. The molecule has 0 aromatic carbocycles. The summed E-state index contributed by atoms with van der Waals surface area (Å²) in [6.45, 7) is 2.13. The molecule has 0 atom stereocenters. The second-order valence-electron chi connectivity index (χ2n) is 6.51. The summed E-state index contributed by atoms with van der Waals surface area (Å²) >= 11 is 0. The summed E-state index contributed by atoms with van der Waals surface area (Å²) in [4.78, 5) is 22.3. The molecule has 4 heteroatoms. The van der Waals surface area contributed by atoms with Gasteiger partial charge in [-0.3, -0.25) is 14.9 Å². The van der Waals surface area contributed by atoms with Gasteiger partial charge in [0.1, 0.15) is 0 Å². The van der Waals surface area contributed by atoms with E-state index in [9.17, 15) is 9.59 Å². The van der Waals surface area contributed by atoms with E-state index >= 15 is 0 Å². The lowest BCUT2D eigenvalue weighted by Crippen LogP contribution is -2.35. The first-order valence-electron chi connectivity index (χ1n) is 9.88. The van der Waals surface area contributed by atoms with Crippen LogP contribution in [0.3, 0.4) is 0 Å². The predicted molar refractivity (Wildman–Crippen MR) is 102 cm³/mol. The Morgan fingerprint density at radius 2 is 1.25 bits per heavy atom. The maximum absolute atomic E-state index is 11.3. The minimum atomic E-state index is -0.396. The van der Waals surface area contributed by atoms with Gasteiger partial charge in [0.15, 0.2) is 0 Å². The highest BCUT2D eigenvalue weighted by atomic mass is 16.2. The van der Waals surface area contributed by atoms with Gasteiger partial charge in [-0.2, -0.15) is 0 Å². The topological polar surface area (TPSA) is 72.2 Å². The fraction of sp³-hybridized carbons (Fsp3) is 0.800. The second kappa shape index (κ2) is 18.2. The highest BCUT2D eigenvalue weighted by Crippen LogP contribution is 2.09. The molecule has 0 heterocycles. The molecule has 0 aliphatic rings. The van der Waals surface area contributed by atoms with Gasteiger partial charge in [-0.25, -0.2) is 0 Å². The van der Waals surface area contributed by atoms with Crippen LogP contribution in [0.15, 0.2) is 12.2 Å². The zero-order valence-electron chi connectivity index (χ0n) is 15.7. The molecule has 3 N–H and O–H groups in total. The van der Waals surface area contributed by atoms with Crippen LogP contribution in [0.25, 0.3) is 0 Å². The van der Waals surface area contributed by atoms with E-state index < -0.39 is 5.91 Å². The normalized spacial score (nSPS) is 11.1. The number of amides is 2. The quantitative estimate of drug-likeness (QED) is 0.318. The highest BCUT2D eigenvalue weighted by molar-refractivity contribution is 5.95. The first-order valence-corrected chi connectivity index (χ1v) is 9.88. The lowest BCUT2D eigenvalue weighted by Gasteiger charge is -2.02. The van der Waals surface area contributed by atoms with Crippen molar-refractivity contribution in [1.82, 2.24) is 5.32 Å². The molecule has 140 valence electrons. The molecule has 0 aromatic heterocycles. The van der Waals surface area contributed by atoms with Crippen molar-refractivity contribution in [3.8, 4) is 0 Å². The molecular formula is C20H38N2O2. The summed E-state index contributed by atoms with van der Waals surface area (Å²) in [6, 6.07) is 0. The van der Waals surface area contributed by atoms with Crippen molar-refractivity contribution >= 4 is 11.8 Å². The van der Waals surface area contributed by atoms with Crippen LogP contribution in [0.2, 0.25) is 0 Å². The number of nitrogens with one attached hydrogen (secondary N) is 1. The van der Waals surface area contributed by atoms with Crippen molar-refractivity contribution in [1.29, 1.82) is 0 Å². The first kappa shape index (κ1) is 22.8. The van der Waals surface area contributed by atoms with E-state index in [1.165, 1.54) is 64.2 Å². The lowest BCUT2D eigenvalue weighted by atomic mass is 10.1. The number of nitrogens with two attached hydrogens (primary N) is 1. The molecule has 0 radical (unpaired) electrons. The number of carbonyl (C=O) groups excluding carboxylic acids is 2. The smallest absolute Gasteiger partial charge is 0.240 e. The summed E-state index contributed by atoms with van der Waals surface area (Å²) in [5.74, 6) is -0.601. The number of unbranched alkanes of at least 4 members (excludes halogenated alkanes) is 11. The molecule has 0 aliphatic heterocycles. The van der Waals surface area contributed by atoms with Gasteiger partial charge in [0.05, 0.1) is 6.54 Å². The van der Waals surface area contributed by atoms with Gasteiger partial charge in [-0.15, -0.1) is 0 Å². The van der Waals surface area contributed by atoms with E-state index in [1.54, 1.807) is 0 Å². The number of hydrogen-bond acceptors (Lipinski definition) is 3. The van der Waals surface area contributed by atoms with E-state index in [0.29, 0.717) is 6.42 Å². The fourth-order valence-electron chi connectivity index (χ4n) is 2.63. The van der Waals surface area contributed by atoms with Gasteiger partial charge in [-0.1, -0.05) is 70.4 Å². The zero-order chi connectivity index (χ0) is 17.9. The van der Waals surface area contributed by atoms with E-state index in [2.05, 4.69) is 24.4 Å². The molecule has 0 rings (SSSR count). The van der Waals surface area contributed by atoms with Crippen molar-refractivity contribution in [2.75, 3.05) is 6.54 Å². The minimum Gasteiger partial charge on any atom is -0.322 e. The van der Waals surface area contributed by atoms with Gasteiger partial charge < -0.3 is 5.73 Å². The Morgan fingerprint density at radius 1 is 0.750 bits per heavy atom. The van der Waals surface area contributed by atoms with Gasteiger partial charge in [0.25, 0.3) is 0 Å². The fourth-order valence-corrected chi connectivity index (χ4v) is 2.63. The highest BCUT2D eigenvalue weighted by Gasteiger charge is 2.04. The third-order valence-electron chi connectivity index (χ3n) is 4.13. The Hall–Kier alpha value is -1.16. The number of allylic oxidation sites excluding steroid dienone is 2. The summed E-state index contributed by atoms with van der Waals surface area (Å²) in [7, 11) is 0. The number of imide groups is 1. The van der Waals surface area contributed by atoms with Gasteiger partial charge in [0, 0.05) is 6.42 Å². The van der Waals surface area contributed by atoms with Crippen LogP contribution in [0.4, 0.5) is 0 Å². The van der Waals surface area contributed by atoms with Crippen LogP contribution in [0, 0.1) is 0 Å². The minimum absolute atomic E-state index is 0.127. The van der Waals surface area contributed by atoms with Crippen molar-refractivity contribution in [2.24, 2.45) is 5.73 Å². The maximum Gasteiger partial charge on any atom is 0.240 e. The van der Waals surface area contributed by atoms with Crippen LogP contribution < -0.4 is 11.1 Å². The van der Waals surface area contributed by atoms with Crippen LogP contribution in [-0.4, -0.2) is 18.4 Å². The first-order chi connectivity index (χ1) is 11.7. The molecule has 0 unspecified atom stereocenters. The molecule has 0 fully saturated rings. The van der Waals surface area contributed by atoms with Crippen LogP contribution >= 0.6 is 0 Å². The Labute approximate surface area is 148 Å². The molecule has 0 spiro atoms. The third-order valence-corrected chi connectivity index (χ3v) is 4.13. The standard InChI is InChI=1S/C20H38N2O2/c1-2-3-4-5-6-7-8-9-10-11-12-13-14-15-16-17-19(23)22-20(24)18-21/h9-10H,2-8,11-18,21H2,1H3,(H,22,23,24). The largest absolute Gasteiger partial charge is 0.322 e. The second-order valence-corrected chi connectivity index (χ2v) is 6.51. The van der Waals surface area contributed by atoms with Gasteiger partial charge >= 0.3 is 0 Å². The zero-order valence-corrected chi connectivity index (χ0v) is 15.7. The third kappa shape index (κ3) is 17.2. The SMILES string of the molecule is CCCCCCCCC=CCCCCCCCC(=O)NC(=O)CN. The average molecular weight is 339 g/mol. The molecule has 0 saturated heterocycles. The molecular weight excluding hydrogens is 300 g/mol. The van der Waals surface area contributed by atoms with Crippen LogP contribution in [0.5, 0.6) is 0 Å². The summed E-state index contributed by atoms with van der Waals surface area (Å²) in [5.41, 5.74) is 5.14. The Morgan fingerprint density at radius 3 is 1.79 bits per heavy atom. The van der Waals surface area contributed by atoms with Crippen molar-refractivity contribution in [2.45, 2.75) is 96.8 Å². The van der Waals surface area contributed by atoms with E-state index in [4.69, 9.17) is 5.73 Å². The van der Waals surface area contributed by atoms with E-state index in [0.717, 1.165) is 19.3 Å².